The number of carbonyl (C=O) groups excluding carboxylic acids is 1. The number of carbonyl (C=O) groups is 1. The van der Waals surface area contributed by atoms with Crippen molar-refractivity contribution < 1.29 is 14.3 Å². The molecule has 0 saturated heterocycles. The fraction of sp³-hybridized carbons (Fsp3) is 0.121. The Labute approximate surface area is 290 Å². The Morgan fingerprint density at radius 3 is 1.72 bits per heavy atom. The van der Waals surface area contributed by atoms with Gasteiger partial charge in [0.25, 0.3) is 0 Å². The van der Waals surface area contributed by atoms with E-state index in [0.29, 0.717) is 46.0 Å². The first-order valence-corrected chi connectivity index (χ1v) is 16.5. The molecule has 0 aliphatic carbocycles. The molecule has 0 spiro atoms. The SMILES string of the molecule is CNCc1cc(Sc2cccc(OC)n2)n(-c2ccccc2Cl)n1.COc1cccc(Sc2cc(C=O)nn2-c2ccccc2Cl)n1. The molecule has 0 aliphatic heterocycles. The van der Waals surface area contributed by atoms with Crippen molar-refractivity contribution in [1.29, 1.82) is 0 Å². The Balaban J connectivity index is 0.000000185. The number of hydrogen-bond donors (Lipinski definition) is 1. The van der Waals surface area contributed by atoms with Crippen LogP contribution >= 0.6 is 46.7 Å². The molecule has 240 valence electrons. The molecule has 47 heavy (non-hydrogen) atoms. The van der Waals surface area contributed by atoms with E-state index in [2.05, 4.69) is 25.5 Å². The van der Waals surface area contributed by atoms with E-state index in [-0.39, 0.29) is 0 Å². The Morgan fingerprint density at radius 2 is 1.23 bits per heavy atom. The zero-order chi connectivity index (χ0) is 33.2. The largest absolute Gasteiger partial charge is 0.481 e. The van der Waals surface area contributed by atoms with E-state index >= 15 is 0 Å². The molecule has 4 aromatic heterocycles. The Kier molecular flexibility index (Phi) is 11.9. The first-order valence-electron chi connectivity index (χ1n) is 14.1. The summed E-state index contributed by atoms with van der Waals surface area (Å²) in [6, 6.07) is 29.9. The molecule has 0 saturated carbocycles. The minimum atomic E-state index is 0.329. The summed E-state index contributed by atoms with van der Waals surface area (Å²) in [5, 5.41) is 16.5. The number of ether oxygens (including phenoxy) is 2. The molecule has 10 nitrogen and oxygen atoms in total. The van der Waals surface area contributed by atoms with Gasteiger partial charge >= 0.3 is 0 Å². The molecule has 0 radical (unpaired) electrons. The second-order valence-electron chi connectivity index (χ2n) is 9.50. The number of aromatic nitrogens is 6. The van der Waals surface area contributed by atoms with Crippen molar-refractivity contribution >= 4 is 53.0 Å². The van der Waals surface area contributed by atoms with Gasteiger partial charge in [0.1, 0.15) is 25.8 Å². The summed E-state index contributed by atoms with van der Waals surface area (Å²) >= 11 is 15.5. The van der Waals surface area contributed by atoms with E-state index in [9.17, 15) is 4.79 Å². The van der Waals surface area contributed by atoms with Crippen LogP contribution in [0.25, 0.3) is 11.4 Å². The van der Waals surface area contributed by atoms with Gasteiger partial charge in [-0.05, 0) is 73.0 Å². The molecule has 4 heterocycles. The number of nitrogens with one attached hydrogen (secondary N) is 1. The van der Waals surface area contributed by atoms with E-state index in [1.54, 1.807) is 37.1 Å². The highest BCUT2D eigenvalue weighted by molar-refractivity contribution is 7.99. The van der Waals surface area contributed by atoms with Crippen LogP contribution in [0.1, 0.15) is 16.2 Å². The van der Waals surface area contributed by atoms with Gasteiger partial charge in [0.15, 0.2) is 6.29 Å². The molecule has 1 N–H and O–H groups in total. The summed E-state index contributed by atoms with van der Waals surface area (Å²) in [6.45, 7) is 0.677. The average molecular weight is 707 g/mol. The van der Waals surface area contributed by atoms with Crippen LogP contribution in [0, 0.1) is 0 Å². The summed E-state index contributed by atoms with van der Waals surface area (Å²) in [6.07, 6.45) is 0.705. The molecule has 0 amide bonds. The van der Waals surface area contributed by atoms with Crippen LogP contribution in [0.5, 0.6) is 11.8 Å². The summed E-state index contributed by atoms with van der Waals surface area (Å²) < 4.78 is 13.8. The van der Waals surface area contributed by atoms with Gasteiger partial charge in [0, 0.05) is 24.7 Å². The first-order chi connectivity index (χ1) is 22.9. The molecule has 6 rings (SSSR count). The second kappa shape index (κ2) is 16.5. The molecule has 0 unspecified atom stereocenters. The summed E-state index contributed by atoms with van der Waals surface area (Å²) in [5.74, 6) is 1.11. The topological polar surface area (TPSA) is 109 Å². The highest BCUT2D eigenvalue weighted by Gasteiger charge is 2.15. The van der Waals surface area contributed by atoms with E-state index in [1.807, 2.05) is 90.6 Å². The number of rotatable bonds is 11. The molecule has 0 bridgehead atoms. The van der Waals surface area contributed by atoms with E-state index in [0.717, 1.165) is 31.5 Å². The number of nitrogens with zero attached hydrogens (tertiary/aromatic N) is 6. The number of hydrogen-bond acceptors (Lipinski definition) is 10. The monoisotopic (exact) mass is 705 g/mol. The van der Waals surface area contributed by atoms with Gasteiger partial charge in [-0.3, -0.25) is 4.79 Å². The van der Waals surface area contributed by atoms with Crippen molar-refractivity contribution in [2.75, 3.05) is 21.3 Å². The van der Waals surface area contributed by atoms with Gasteiger partial charge in [-0.2, -0.15) is 10.2 Å². The number of methoxy groups -OCH3 is 2. The number of aldehydes is 1. The summed E-state index contributed by atoms with van der Waals surface area (Å²) in [7, 11) is 5.07. The molecular weight excluding hydrogens is 677 g/mol. The van der Waals surface area contributed by atoms with Crippen molar-refractivity contribution in [2.45, 2.75) is 26.6 Å². The maximum absolute atomic E-state index is 11.1. The quantitative estimate of drug-likeness (QED) is 0.135. The number of benzene rings is 2. The van der Waals surface area contributed by atoms with E-state index < -0.39 is 0 Å². The minimum Gasteiger partial charge on any atom is -0.481 e. The molecule has 0 aliphatic rings. The first kappa shape index (κ1) is 34.0. The van der Waals surface area contributed by atoms with Crippen LogP contribution in [-0.4, -0.2) is 57.1 Å². The lowest BCUT2D eigenvalue weighted by Crippen LogP contribution is -2.06. The zero-order valence-electron chi connectivity index (χ0n) is 25.5. The average Bonchev–Trinajstić information content (AvgIpc) is 3.69. The predicted octanol–water partition coefficient (Wildman–Crippen LogP) is 7.69. The third-order valence-electron chi connectivity index (χ3n) is 6.30. The molecule has 14 heteroatoms. The fourth-order valence-corrected chi connectivity index (χ4v) is 6.45. The number of halogens is 2. The standard InChI is InChI=1S/C17H17ClN4OS.C16H12ClN3O2S/c1-19-11-12-10-17(24-16-9-5-8-15(20-16)23-2)22(21-12)14-7-4-3-6-13(14)18;1-22-14-7-4-8-15(18-14)23-16-9-11(10-21)19-20(16)13-6-3-2-5-12(13)17/h3-10,19H,11H2,1-2H3;2-10H,1H3. The van der Waals surface area contributed by atoms with Gasteiger partial charge in [-0.25, -0.2) is 19.3 Å². The smallest absolute Gasteiger partial charge is 0.213 e. The lowest BCUT2D eigenvalue weighted by molar-refractivity contribution is 0.111. The highest BCUT2D eigenvalue weighted by atomic mass is 35.5. The van der Waals surface area contributed by atoms with Gasteiger partial charge in [0.2, 0.25) is 11.8 Å². The Morgan fingerprint density at radius 1 is 0.723 bits per heavy atom. The second-order valence-corrected chi connectivity index (χ2v) is 12.4. The van der Waals surface area contributed by atoms with Gasteiger partial charge < -0.3 is 14.8 Å². The van der Waals surface area contributed by atoms with Crippen molar-refractivity contribution in [2.24, 2.45) is 0 Å². The van der Waals surface area contributed by atoms with E-state index in [4.69, 9.17) is 32.7 Å². The fourth-order valence-electron chi connectivity index (χ4n) is 4.20. The van der Waals surface area contributed by atoms with Crippen molar-refractivity contribution in [3.05, 3.63) is 118 Å². The third kappa shape index (κ3) is 8.73. The molecular formula is C33H29Cl2N7O3S2. The van der Waals surface area contributed by atoms with E-state index in [1.165, 1.54) is 23.5 Å². The summed E-state index contributed by atoms with van der Waals surface area (Å²) in [4.78, 5) is 19.9. The lowest BCUT2D eigenvalue weighted by atomic mass is 10.3. The lowest BCUT2D eigenvalue weighted by Gasteiger charge is -2.08. The molecule has 6 aromatic rings. The van der Waals surface area contributed by atoms with Crippen LogP contribution in [-0.2, 0) is 6.54 Å². The van der Waals surface area contributed by atoms with Crippen LogP contribution in [0.2, 0.25) is 10.0 Å². The van der Waals surface area contributed by atoms with Gasteiger partial charge in [-0.1, -0.05) is 59.6 Å². The van der Waals surface area contributed by atoms with Crippen molar-refractivity contribution in [1.82, 2.24) is 34.8 Å². The zero-order valence-corrected chi connectivity index (χ0v) is 28.6. The number of pyridine rings is 2. The normalized spacial score (nSPS) is 10.7. The molecule has 0 atom stereocenters. The van der Waals surface area contributed by atoms with Crippen LogP contribution in [0.4, 0.5) is 0 Å². The van der Waals surface area contributed by atoms with Crippen LogP contribution < -0.4 is 14.8 Å². The number of para-hydroxylation sites is 2. The van der Waals surface area contributed by atoms with Gasteiger partial charge in [-0.15, -0.1) is 0 Å². The van der Waals surface area contributed by atoms with Crippen LogP contribution in [0.3, 0.4) is 0 Å². The Hall–Kier alpha value is -4.33. The van der Waals surface area contributed by atoms with Crippen LogP contribution in [0.15, 0.2) is 117 Å². The molecule has 0 fully saturated rings. The summed E-state index contributed by atoms with van der Waals surface area (Å²) in [5.41, 5.74) is 2.80. The predicted molar refractivity (Wildman–Crippen MR) is 185 cm³/mol. The third-order valence-corrected chi connectivity index (χ3v) is 8.81. The highest BCUT2D eigenvalue weighted by Crippen LogP contribution is 2.33. The minimum absolute atomic E-state index is 0.329. The molecule has 2 aromatic carbocycles. The van der Waals surface area contributed by atoms with Crippen molar-refractivity contribution in [3.63, 3.8) is 0 Å². The van der Waals surface area contributed by atoms with Gasteiger partial charge in [0.05, 0.1) is 41.3 Å². The van der Waals surface area contributed by atoms with Crippen molar-refractivity contribution in [3.8, 4) is 23.1 Å². The maximum atomic E-state index is 11.1. The maximum Gasteiger partial charge on any atom is 0.213 e. The Bertz CT molecular complexity index is 1970.